The van der Waals surface area contributed by atoms with Crippen molar-refractivity contribution in [2.24, 2.45) is 5.92 Å². The van der Waals surface area contributed by atoms with E-state index in [1.807, 2.05) is 25.1 Å². The highest BCUT2D eigenvalue weighted by molar-refractivity contribution is 5.91. The molecule has 0 aliphatic heterocycles. The van der Waals surface area contributed by atoms with Gasteiger partial charge in [-0.25, -0.2) is 4.79 Å². The maximum atomic E-state index is 12.6. The van der Waals surface area contributed by atoms with E-state index in [-0.39, 0.29) is 0 Å². The van der Waals surface area contributed by atoms with Crippen LogP contribution in [0.4, 0.5) is 0 Å². The van der Waals surface area contributed by atoms with E-state index in [1.165, 1.54) is 76.2 Å². The van der Waals surface area contributed by atoms with Gasteiger partial charge in [0.2, 0.25) is 0 Å². The number of rotatable bonds is 11. The van der Waals surface area contributed by atoms with E-state index in [1.54, 1.807) is 12.1 Å². The van der Waals surface area contributed by atoms with E-state index in [9.17, 15) is 10.1 Å². The molecule has 1 saturated carbocycles. The van der Waals surface area contributed by atoms with E-state index >= 15 is 0 Å². The largest absolute Gasteiger partial charge is 0.422 e. The number of unbranched alkanes of at least 4 members (excludes halogenated alkanes) is 5. The van der Waals surface area contributed by atoms with Crippen molar-refractivity contribution in [3.63, 3.8) is 0 Å². The summed E-state index contributed by atoms with van der Waals surface area (Å²) in [5, 5.41) is 9.37. The maximum absolute atomic E-state index is 12.6. The number of nitriles is 1. The van der Waals surface area contributed by atoms with E-state index in [0.717, 1.165) is 17.9 Å². The number of aryl methyl sites for hydroxylation is 1. The average Bonchev–Trinajstić information content (AvgIpc) is 2.86. The Labute approximate surface area is 200 Å². The van der Waals surface area contributed by atoms with Gasteiger partial charge in [-0.1, -0.05) is 77.0 Å². The first-order valence-corrected chi connectivity index (χ1v) is 13.0. The van der Waals surface area contributed by atoms with Crippen LogP contribution in [0.25, 0.3) is 0 Å². The van der Waals surface area contributed by atoms with Crippen LogP contribution < -0.4 is 4.74 Å². The zero-order chi connectivity index (χ0) is 23.5. The molecular formula is C30H39NO2. The summed E-state index contributed by atoms with van der Waals surface area (Å²) in [5.41, 5.74) is 3.31. The standard InChI is InChI=1S/C30H39NO2/c1-3-5-6-7-8-9-10-24-11-14-25(15-12-24)26-16-18-27(19-17-26)30(32)33-29-20-13-23(4-2)21-28(29)22-31/h13,16-21,24-25H,3-12,14-15H2,1-2H3. The smallest absolute Gasteiger partial charge is 0.343 e. The van der Waals surface area contributed by atoms with Crippen LogP contribution in [0, 0.1) is 17.2 Å². The number of hydrogen-bond acceptors (Lipinski definition) is 3. The van der Waals surface area contributed by atoms with Crippen molar-refractivity contribution >= 4 is 5.97 Å². The Morgan fingerprint density at radius 1 is 0.939 bits per heavy atom. The fourth-order valence-electron chi connectivity index (χ4n) is 5.02. The lowest BCUT2D eigenvalue weighted by Gasteiger charge is -2.29. The fraction of sp³-hybridized carbons (Fsp3) is 0.533. The first-order chi connectivity index (χ1) is 16.1. The summed E-state index contributed by atoms with van der Waals surface area (Å²) in [6.45, 7) is 4.31. The van der Waals surface area contributed by atoms with E-state index in [2.05, 4.69) is 25.1 Å². The first kappa shape index (κ1) is 25.0. The highest BCUT2D eigenvalue weighted by atomic mass is 16.5. The number of benzene rings is 2. The minimum absolute atomic E-state index is 0.326. The van der Waals surface area contributed by atoms with Gasteiger partial charge in [-0.3, -0.25) is 0 Å². The van der Waals surface area contributed by atoms with Crippen molar-refractivity contribution in [3.05, 3.63) is 64.7 Å². The molecule has 0 unspecified atom stereocenters. The summed E-state index contributed by atoms with van der Waals surface area (Å²) < 4.78 is 5.53. The van der Waals surface area contributed by atoms with E-state index in [4.69, 9.17) is 4.74 Å². The van der Waals surface area contributed by atoms with Gasteiger partial charge in [-0.05, 0) is 79.3 Å². The lowest BCUT2D eigenvalue weighted by Crippen LogP contribution is -2.14. The van der Waals surface area contributed by atoms with Crippen LogP contribution in [-0.4, -0.2) is 5.97 Å². The molecule has 3 heteroatoms. The van der Waals surface area contributed by atoms with Crippen LogP contribution in [0.2, 0.25) is 0 Å². The Morgan fingerprint density at radius 2 is 1.64 bits per heavy atom. The van der Waals surface area contributed by atoms with Crippen LogP contribution in [0.5, 0.6) is 5.75 Å². The molecule has 1 aliphatic carbocycles. The van der Waals surface area contributed by atoms with Crippen molar-refractivity contribution in [3.8, 4) is 11.8 Å². The summed E-state index contributed by atoms with van der Waals surface area (Å²) in [4.78, 5) is 12.6. The molecule has 0 amide bonds. The Hall–Kier alpha value is -2.60. The van der Waals surface area contributed by atoms with Gasteiger partial charge in [0.15, 0.2) is 0 Å². The minimum Gasteiger partial charge on any atom is -0.422 e. The quantitative estimate of drug-likeness (QED) is 0.198. The highest BCUT2D eigenvalue weighted by Crippen LogP contribution is 2.38. The molecule has 1 aliphatic rings. The van der Waals surface area contributed by atoms with Gasteiger partial charge in [0.1, 0.15) is 11.8 Å². The van der Waals surface area contributed by atoms with Crippen molar-refractivity contribution in [1.29, 1.82) is 5.26 Å². The molecule has 0 N–H and O–H groups in total. The Balaban J connectivity index is 1.47. The van der Waals surface area contributed by atoms with Gasteiger partial charge >= 0.3 is 5.97 Å². The van der Waals surface area contributed by atoms with Gasteiger partial charge in [-0.2, -0.15) is 5.26 Å². The molecule has 0 atom stereocenters. The monoisotopic (exact) mass is 445 g/mol. The molecule has 2 aromatic carbocycles. The molecule has 0 heterocycles. The van der Waals surface area contributed by atoms with Gasteiger partial charge in [0, 0.05) is 0 Å². The van der Waals surface area contributed by atoms with Gasteiger partial charge in [0.25, 0.3) is 0 Å². The Morgan fingerprint density at radius 3 is 2.30 bits per heavy atom. The molecule has 2 aromatic rings. The molecule has 0 spiro atoms. The van der Waals surface area contributed by atoms with Gasteiger partial charge in [-0.15, -0.1) is 0 Å². The molecule has 0 radical (unpaired) electrons. The summed E-state index contributed by atoms with van der Waals surface area (Å²) in [6, 6.07) is 15.4. The van der Waals surface area contributed by atoms with Crippen molar-refractivity contribution in [2.75, 3.05) is 0 Å². The van der Waals surface area contributed by atoms with Gasteiger partial charge in [0.05, 0.1) is 11.1 Å². The molecule has 0 bridgehead atoms. The zero-order valence-corrected chi connectivity index (χ0v) is 20.4. The number of carbonyl (C=O) groups is 1. The zero-order valence-electron chi connectivity index (χ0n) is 20.4. The average molecular weight is 446 g/mol. The molecule has 1 fully saturated rings. The number of carbonyl (C=O) groups excluding carboxylic acids is 1. The topological polar surface area (TPSA) is 50.1 Å². The van der Waals surface area contributed by atoms with Crippen molar-refractivity contribution in [1.82, 2.24) is 0 Å². The molecule has 0 saturated heterocycles. The van der Waals surface area contributed by atoms with Crippen LogP contribution >= 0.6 is 0 Å². The predicted octanol–water partition coefficient (Wildman–Crippen LogP) is 8.36. The Kier molecular flexibility index (Phi) is 10.0. The SMILES string of the molecule is CCCCCCCCC1CCC(c2ccc(C(=O)Oc3ccc(CC)cc3C#N)cc2)CC1. The van der Waals surface area contributed by atoms with Crippen molar-refractivity contribution < 1.29 is 9.53 Å². The van der Waals surface area contributed by atoms with Gasteiger partial charge < -0.3 is 4.74 Å². The lowest BCUT2D eigenvalue weighted by atomic mass is 9.77. The summed E-state index contributed by atoms with van der Waals surface area (Å²) in [5.74, 6) is 1.41. The number of nitrogens with zero attached hydrogens (tertiary/aromatic N) is 1. The second-order valence-corrected chi connectivity index (χ2v) is 9.58. The molecule has 3 rings (SSSR count). The normalized spacial score (nSPS) is 18.0. The van der Waals surface area contributed by atoms with Crippen molar-refractivity contribution in [2.45, 2.75) is 96.8 Å². The lowest BCUT2D eigenvalue weighted by molar-refractivity contribution is 0.0734. The predicted molar refractivity (Wildman–Crippen MR) is 135 cm³/mol. The second-order valence-electron chi connectivity index (χ2n) is 9.58. The van der Waals surface area contributed by atoms with E-state index < -0.39 is 5.97 Å². The third-order valence-corrected chi connectivity index (χ3v) is 7.21. The number of esters is 1. The van der Waals surface area contributed by atoms with Crippen LogP contribution in [0.3, 0.4) is 0 Å². The fourth-order valence-corrected chi connectivity index (χ4v) is 5.02. The van der Waals surface area contributed by atoms with Crippen LogP contribution in [-0.2, 0) is 6.42 Å². The summed E-state index contributed by atoms with van der Waals surface area (Å²) >= 11 is 0. The second kappa shape index (κ2) is 13.2. The molecule has 33 heavy (non-hydrogen) atoms. The Bertz CT molecular complexity index is 917. The number of ether oxygens (including phenoxy) is 1. The van der Waals surface area contributed by atoms with E-state index in [0.29, 0.717) is 22.8 Å². The minimum atomic E-state index is -0.412. The highest BCUT2D eigenvalue weighted by Gasteiger charge is 2.22. The molecule has 0 aromatic heterocycles. The third kappa shape index (κ3) is 7.46. The first-order valence-electron chi connectivity index (χ1n) is 13.0. The maximum Gasteiger partial charge on any atom is 0.343 e. The molecule has 3 nitrogen and oxygen atoms in total. The molecule has 176 valence electrons. The third-order valence-electron chi connectivity index (χ3n) is 7.21. The van der Waals surface area contributed by atoms with Crippen LogP contribution in [0.1, 0.15) is 117 Å². The summed E-state index contributed by atoms with van der Waals surface area (Å²) in [6.07, 6.45) is 15.7. The molecular weight excluding hydrogens is 406 g/mol. The summed E-state index contributed by atoms with van der Waals surface area (Å²) in [7, 11) is 0. The van der Waals surface area contributed by atoms with Crippen LogP contribution in [0.15, 0.2) is 42.5 Å². The number of hydrogen-bond donors (Lipinski definition) is 0.